The Hall–Kier alpha value is -1.88. The molecule has 0 saturated carbocycles. The fourth-order valence-corrected chi connectivity index (χ4v) is 2.64. The summed E-state index contributed by atoms with van der Waals surface area (Å²) in [5, 5.41) is 10.5. The summed E-state index contributed by atoms with van der Waals surface area (Å²) in [5.74, 6) is -1.51. The van der Waals surface area contributed by atoms with Crippen molar-refractivity contribution in [3.05, 3.63) is 29.3 Å². The summed E-state index contributed by atoms with van der Waals surface area (Å²) in [4.78, 5) is 25.4. The van der Waals surface area contributed by atoms with Gasteiger partial charge in [0.15, 0.2) is 0 Å². The molecule has 0 saturated heterocycles. The number of benzene rings is 1. The molecule has 1 aliphatic heterocycles. The Kier molecular flexibility index (Phi) is 4.09. The predicted molar refractivity (Wildman–Crippen MR) is 74.3 cm³/mol. The molecule has 1 aromatic rings. The summed E-state index contributed by atoms with van der Waals surface area (Å²) in [6.07, 6.45) is -1.08. The van der Waals surface area contributed by atoms with Crippen molar-refractivity contribution in [1.29, 1.82) is 0 Å². The van der Waals surface area contributed by atoms with E-state index in [1.807, 2.05) is 19.1 Å². The smallest absolute Gasteiger partial charge is 0.306 e. The summed E-state index contributed by atoms with van der Waals surface area (Å²) >= 11 is 0. The highest BCUT2D eigenvalue weighted by Gasteiger charge is 2.40. The maximum absolute atomic E-state index is 12.3. The van der Waals surface area contributed by atoms with Gasteiger partial charge in [-0.15, -0.1) is 0 Å². The van der Waals surface area contributed by atoms with Gasteiger partial charge in [-0.05, 0) is 25.5 Å². The topological polar surface area (TPSA) is 66.8 Å². The van der Waals surface area contributed by atoms with Gasteiger partial charge < -0.3 is 14.7 Å². The van der Waals surface area contributed by atoms with Gasteiger partial charge in [0.2, 0.25) is 5.91 Å². The number of hydrogen-bond donors (Lipinski definition) is 1. The number of esters is 1. The van der Waals surface area contributed by atoms with Crippen LogP contribution in [0.4, 0.5) is 5.69 Å². The Morgan fingerprint density at radius 1 is 1.45 bits per heavy atom. The van der Waals surface area contributed by atoms with Gasteiger partial charge in [-0.1, -0.05) is 12.1 Å². The van der Waals surface area contributed by atoms with E-state index in [4.69, 9.17) is 4.74 Å². The van der Waals surface area contributed by atoms with Crippen LogP contribution in [-0.4, -0.2) is 30.6 Å². The van der Waals surface area contributed by atoms with Crippen molar-refractivity contribution in [3.63, 3.8) is 0 Å². The van der Waals surface area contributed by atoms with Crippen LogP contribution in [0.25, 0.3) is 0 Å². The third-order valence-electron chi connectivity index (χ3n) is 3.68. The summed E-state index contributed by atoms with van der Waals surface area (Å²) in [5.41, 5.74) is 2.31. The van der Waals surface area contributed by atoms with Gasteiger partial charge in [0.1, 0.15) is 0 Å². The number of anilines is 1. The van der Waals surface area contributed by atoms with Gasteiger partial charge in [0, 0.05) is 18.3 Å². The Morgan fingerprint density at radius 3 is 2.80 bits per heavy atom. The van der Waals surface area contributed by atoms with Gasteiger partial charge in [0.25, 0.3) is 0 Å². The van der Waals surface area contributed by atoms with Crippen LogP contribution >= 0.6 is 0 Å². The molecule has 0 fully saturated rings. The molecule has 2 rings (SSSR count). The van der Waals surface area contributed by atoms with Crippen molar-refractivity contribution < 1.29 is 19.4 Å². The molecule has 0 aliphatic carbocycles. The number of carbonyl (C=O) groups excluding carboxylic acids is 2. The zero-order chi connectivity index (χ0) is 14.9. The van der Waals surface area contributed by atoms with Crippen molar-refractivity contribution in [2.24, 2.45) is 5.92 Å². The zero-order valence-corrected chi connectivity index (χ0v) is 11.9. The van der Waals surface area contributed by atoms with E-state index < -0.39 is 18.0 Å². The largest absolute Gasteiger partial charge is 0.466 e. The van der Waals surface area contributed by atoms with Crippen LogP contribution in [0.1, 0.15) is 30.6 Å². The van der Waals surface area contributed by atoms with E-state index in [1.165, 1.54) is 4.90 Å². The number of aliphatic hydroxyl groups excluding tert-OH is 1. The number of hydrogen-bond acceptors (Lipinski definition) is 4. The Bertz CT molecular complexity index is 541. The lowest BCUT2D eigenvalue weighted by Crippen LogP contribution is -2.42. The highest BCUT2D eigenvalue weighted by Crippen LogP contribution is 2.40. The zero-order valence-electron chi connectivity index (χ0n) is 11.9. The highest BCUT2D eigenvalue weighted by atomic mass is 16.5. The number of aryl methyl sites for hydroxylation is 1. The maximum atomic E-state index is 12.3. The van der Waals surface area contributed by atoms with Crippen molar-refractivity contribution in [2.45, 2.75) is 26.4 Å². The molecule has 20 heavy (non-hydrogen) atoms. The number of rotatable bonds is 3. The molecule has 1 aliphatic rings. The van der Waals surface area contributed by atoms with Crippen LogP contribution in [0.15, 0.2) is 18.2 Å². The lowest BCUT2D eigenvalue weighted by Gasteiger charge is -2.35. The van der Waals surface area contributed by atoms with Gasteiger partial charge in [0.05, 0.1) is 25.0 Å². The van der Waals surface area contributed by atoms with Crippen molar-refractivity contribution in [2.75, 3.05) is 18.6 Å². The summed E-state index contributed by atoms with van der Waals surface area (Å²) in [7, 11) is 1.66. The maximum Gasteiger partial charge on any atom is 0.306 e. The second-order valence-corrected chi connectivity index (χ2v) is 4.97. The van der Waals surface area contributed by atoms with E-state index >= 15 is 0 Å². The number of ether oxygens (including phenoxy) is 1. The van der Waals surface area contributed by atoms with Gasteiger partial charge in [-0.2, -0.15) is 0 Å². The molecular formula is C15H19NO4. The first-order chi connectivity index (χ1) is 9.47. The molecule has 1 heterocycles. The first kappa shape index (κ1) is 14.5. The standard InChI is InChI=1S/C15H19NO4/c1-4-20-12(17)8-10-14(18)13-9(2)6-5-7-11(13)16(3)15(10)19/h5-7,10,14,18H,4,8H2,1-3H3. The highest BCUT2D eigenvalue weighted by molar-refractivity contribution is 6.00. The van der Waals surface area contributed by atoms with Gasteiger partial charge >= 0.3 is 5.97 Å². The average Bonchev–Trinajstić information content (AvgIpc) is 2.41. The first-order valence-corrected chi connectivity index (χ1v) is 6.68. The minimum absolute atomic E-state index is 0.105. The monoisotopic (exact) mass is 277 g/mol. The lowest BCUT2D eigenvalue weighted by molar-refractivity contribution is -0.148. The van der Waals surface area contributed by atoms with Crippen LogP contribution in [0.3, 0.4) is 0 Å². The number of amides is 1. The van der Waals surface area contributed by atoms with E-state index in [-0.39, 0.29) is 18.9 Å². The molecule has 0 spiro atoms. The lowest BCUT2D eigenvalue weighted by atomic mass is 9.84. The molecule has 0 radical (unpaired) electrons. The van der Waals surface area contributed by atoms with Crippen molar-refractivity contribution in [3.8, 4) is 0 Å². The first-order valence-electron chi connectivity index (χ1n) is 6.68. The molecule has 5 heteroatoms. The SMILES string of the molecule is CCOC(=O)CC1C(=O)N(C)c2cccc(C)c2C1O. The van der Waals surface area contributed by atoms with Crippen LogP contribution in [-0.2, 0) is 14.3 Å². The van der Waals surface area contributed by atoms with Crippen LogP contribution in [0.2, 0.25) is 0 Å². The van der Waals surface area contributed by atoms with E-state index in [9.17, 15) is 14.7 Å². The minimum Gasteiger partial charge on any atom is -0.466 e. The number of fused-ring (bicyclic) bond motifs is 1. The molecule has 2 unspecified atom stereocenters. The summed E-state index contributed by atoms with van der Waals surface area (Å²) in [6, 6.07) is 5.52. The molecule has 2 atom stereocenters. The molecule has 5 nitrogen and oxygen atoms in total. The van der Waals surface area contributed by atoms with Gasteiger partial charge in [-0.25, -0.2) is 0 Å². The number of nitrogens with zero attached hydrogens (tertiary/aromatic N) is 1. The number of aliphatic hydroxyl groups is 1. The Balaban J connectivity index is 2.36. The molecule has 1 amide bonds. The van der Waals surface area contributed by atoms with E-state index in [2.05, 4.69) is 0 Å². The predicted octanol–water partition coefficient (Wildman–Crippen LogP) is 1.57. The molecule has 108 valence electrons. The number of carbonyl (C=O) groups is 2. The molecule has 1 N–H and O–H groups in total. The molecular weight excluding hydrogens is 258 g/mol. The second kappa shape index (κ2) is 5.63. The fraction of sp³-hybridized carbons (Fsp3) is 0.467. The third-order valence-corrected chi connectivity index (χ3v) is 3.68. The van der Waals surface area contributed by atoms with Crippen molar-refractivity contribution in [1.82, 2.24) is 0 Å². The van der Waals surface area contributed by atoms with E-state index in [1.54, 1.807) is 20.0 Å². The van der Waals surface area contributed by atoms with Gasteiger partial charge in [-0.3, -0.25) is 9.59 Å². The molecule has 1 aromatic carbocycles. The minimum atomic E-state index is -0.973. The second-order valence-electron chi connectivity index (χ2n) is 4.97. The summed E-state index contributed by atoms with van der Waals surface area (Å²) < 4.78 is 4.87. The van der Waals surface area contributed by atoms with Crippen molar-refractivity contribution >= 4 is 17.6 Å². The van der Waals surface area contributed by atoms with Crippen LogP contribution < -0.4 is 4.90 Å². The van der Waals surface area contributed by atoms with Crippen LogP contribution in [0, 0.1) is 12.8 Å². The van der Waals surface area contributed by atoms with Crippen LogP contribution in [0.5, 0.6) is 0 Å². The van der Waals surface area contributed by atoms with E-state index in [0.29, 0.717) is 11.3 Å². The quantitative estimate of drug-likeness (QED) is 0.852. The van der Waals surface area contributed by atoms with E-state index in [0.717, 1.165) is 5.56 Å². The fourth-order valence-electron chi connectivity index (χ4n) is 2.64. The molecule has 0 bridgehead atoms. The Morgan fingerprint density at radius 2 is 2.15 bits per heavy atom. The molecule has 0 aromatic heterocycles. The third kappa shape index (κ3) is 2.41. The summed E-state index contributed by atoms with van der Waals surface area (Å²) in [6.45, 7) is 3.86. The normalized spacial score (nSPS) is 21.6. The average molecular weight is 277 g/mol. The Labute approximate surface area is 118 Å².